The molecule has 6 heterocycles. The van der Waals surface area contributed by atoms with Crippen LogP contribution in [0.5, 0.6) is 0 Å². The van der Waals surface area contributed by atoms with Crippen LogP contribution in [0, 0.1) is 0 Å². The Balaban J connectivity index is 1.24. The van der Waals surface area contributed by atoms with Crippen molar-refractivity contribution in [2.45, 2.75) is 25.4 Å². The molecule has 0 atom stereocenters. The molecule has 2 aliphatic rings. The molecule has 0 saturated carbocycles. The third kappa shape index (κ3) is 3.65. The summed E-state index contributed by atoms with van der Waals surface area (Å²) >= 11 is 0. The largest absolute Gasteiger partial charge is 0.349 e. The standard InChI is InChI=1S/C24H26N8O2/c1-30-5-2-18(3-6-30)32-14-17(11-28-32)29-23(33)15-8-19-20(12-27-22(19)26-10-15)16-9-21-24(34)25-4-7-31(21)13-16/h8-14,18H,2-7H2,1H3,(H,25,34)(H,26,27)(H,29,33). The van der Waals surface area contributed by atoms with Gasteiger partial charge in [0.15, 0.2) is 0 Å². The van der Waals surface area contributed by atoms with Crippen molar-refractivity contribution in [2.75, 3.05) is 32.0 Å². The second kappa shape index (κ2) is 8.14. The van der Waals surface area contributed by atoms with E-state index in [2.05, 4.69) is 37.6 Å². The van der Waals surface area contributed by atoms with E-state index >= 15 is 0 Å². The lowest BCUT2D eigenvalue weighted by Crippen LogP contribution is -2.34. The number of aromatic nitrogens is 5. The molecule has 34 heavy (non-hydrogen) atoms. The van der Waals surface area contributed by atoms with Gasteiger partial charge in [-0.2, -0.15) is 5.10 Å². The highest BCUT2D eigenvalue weighted by molar-refractivity contribution is 6.07. The number of rotatable bonds is 4. The average molecular weight is 459 g/mol. The first kappa shape index (κ1) is 20.7. The first-order chi connectivity index (χ1) is 16.5. The minimum Gasteiger partial charge on any atom is -0.349 e. The van der Waals surface area contributed by atoms with Crippen LogP contribution in [0.15, 0.2) is 43.1 Å². The minimum atomic E-state index is -0.236. The van der Waals surface area contributed by atoms with Crippen LogP contribution in [-0.2, 0) is 6.54 Å². The second-order valence-electron chi connectivity index (χ2n) is 9.08. The SMILES string of the molecule is CN1CCC(n2cc(NC(=O)c3cnc4[nH]cc(-c5cc6n(c5)CCNC6=O)c4c3)cn2)CC1. The Bertz CT molecular complexity index is 1390. The molecule has 0 bridgehead atoms. The Labute approximate surface area is 196 Å². The molecule has 0 radical (unpaired) electrons. The molecule has 3 N–H and O–H groups in total. The van der Waals surface area contributed by atoms with Gasteiger partial charge in [-0.25, -0.2) is 4.98 Å². The number of piperidine rings is 1. The normalized spacial score (nSPS) is 17.0. The maximum atomic E-state index is 13.0. The van der Waals surface area contributed by atoms with Gasteiger partial charge in [0, 0.05) is 54.4 Å². The van der Waals surface area contributed by atoms with E-state index in [4.69, 9.17) is 0 Å². The third-order valence-corrected chi connectivity index (χ3v) is 6.79. The van der Waals surface area contributed by atoms with Crippen molar-refractivity contribution in [1.29, 1.82) is 0 Å². The zero-order valence-electron chi connectivity index (χ0n) is 18.9. The van der Waals surface area contributed by atoms with Crippen molar-refractivity contribution in [1.82, 2.24) is 34.5 Å². The fourth-order valence-corrected chi connectivity index (χ4v) is 4.85. The lowest BCUT2D eigenvalue weighted by atomic mass is 10.1. The van der Waals surface area contributed by atoms with Crippen molar-refractivity contribution in [3.8, 4) is 11.1 Å². The van der Waals surface area contributed by atoms with E-state index in [1.165, 1.54) is 0 Å². The van der Waals surface area contributed by atoms with Gasteiger partial charge in [-0.15, -0.1) is 0 Å². The quantitative estimate of drug-likeness (QED) is 0.435. The molecule has 2 aliphatic heterocycles. The van der Waals surface area contributed by atoms with Gasteiger partial charge >= 0.3 is 0 Å². The number of carbonyl (C=O) groups is 2. The fraction of sp³-hybridized carbons (Fsp3) is 0.333. The Morgan fingerprint density at radius 1 is 1.15 bits per heavy atom. The van der Waals surface area contributed by atoms with Gasteiger partial charge in [-0.05, 0) is 45.1 Å². The number of aromatic amines is 1. The number of anilines is 1. The van der Waals surface area contributed by atoms with Crippen LogP contribution in [0.1, 0.15) is 39.7 Å². The summed E-state index contributed by atoms with van der Waals surface area (Å²) in [5.74, 6) is -0.309. The molecular formula is C24H26N8O2. The molecule has 0 aromatic carbocycles. The lowest BCUT2D eigenvalue weighted by Gasteiger charge is -2.28. The zero-order chi connectivity index (χ0) is 23.2. The van der Waals surface area contributed by atoms with Crippen LogP contribution >= 0.6 is 0 Å². The second-order valence-corrected chi connectivity index (χ2v) is 9.08. The number of H-pyrrole nitrogens is 1. The summed E-state index contributed by atoms with van der Waals surface area (Å²) in [7, 11) is 2.13. The van der Waals surface area contributed by atoms with Crippen molar-refractivity contribution >= 4 is 28.5 Å². The maximum Gasteiger partial charge on any atom is 0.267 e. The third-order valence-electron chi connectivity index (χ3n) is 6.79. The predicted octanol–water partition coefficient (Wildman–Crippen LogP) is 2.49. The van der Waals surface area contributed by atoms with E-state index in [0.29, 0.717) is 35.2 Å². The number of fused-ring (bicyclic) bond motifs is 2. The van der Waals surface area contributed by atoms with Crippen LogP contribution in [0.25, 0.3) is 22.2 Å². The van der Waals surface area contributed by atoms with Crippen molar-refractivity contribution in [3.05, 3.63) is 54.4 Å². The fourth-order valence-electron chi connectivity index (χ4n) is 4.85. The number of pyridine rings is 1. The van der Waals surface area contributed by atoms with Crippen LogP contribution in [0.2, 0.25) is 0 Å². The topological polar surface area (TPSA) is 113 Å². The number of amides is 2. The Kier molecular flexibility index (Phi) is 4.95. The van der Waals surface area contributed by atoms with Gasteiger partial charge in [-0.1, -0.05) is 0 Å². The van der Waals surface area contributed by atoms with E-state index in [1.807, 2.05) is 40.0 Å². The Hall–Kier alpha value is -3.92. The highest BCUT2D eigenvalue weighted by atomic mass is 16.2. The summed E-state index contributed by atoms with van der Waals surface area (Å²) in [5.41, 5.74) is 4.28. The first-order valence-electron chi connectivity index (χ1n) is 11.5. The molecular weight excluding hydrogens is 432 g/mol. The van der Waals surface area contributed by atoms with E-state index in [9.17, 15) is 9.59 Å². The summed E-state index contributed by atoms with van der Waals surface area (Å²) in [4.78, 5) is 35.1. The molecule has 0 aliphatic carbocycles. The molecule has 1 fully saturated rings. The first-order valence-corrected chi connectivity index (χ1v) is 11.5. The van der Waals surface area contributed by atoms with Gasteiger partial charge in [0.2, 0.25) is 0 Å². The number of nitrogens with zero attached hydrogens (tertiary/aromatic N) is 5. The van der Waals surface area contributed by atoms with Crippen LogP contribution in [-0.4, -0.2) is 67.7 Å². The Morgan fingerprint density at radius 2 is 2.00 bits per heavy atom. The van der Waals surface area contributed by atoms with Crippen molar-refractivity contribution in [3.63, 3.8) is 0 Å². The zero-order valence-corrected chi connectivity index (χ0v) is 18.9. The molecule has 4 aromatic heterocycles. The summed E-state index contributed by atoms with van der Waals surface area (Å²) in [6, 6.07) is 4.07. The van der Waals surface area contributed by atoms with E-state index in [-0.39, 0.29) is 11.8 Å². The van der Waals surface area contributed by atoms with Crippen LogP contribution < -0.4 is 10.6 Å². The molecule has 2 amide bonds. The van der Waals surface area contributed by atoms with Gasteiger partial charge in [0.05, 0.1) is 23.5 Å². The number of likely N-dealkylation sites (tertiary alicyclic amines) is 1. The summed E-state index contributed by atoms with van der Waals surface area (Å²) in [6.45, 7) is 3.45. The summed E-state index contributed by atoms with van der Waals surface area (Å²) < 4.78 is 3.91. The van der Waals surface area contributed by atoms with Crippen LogP contribution in [0.3, 0.4) is 0 Å². The molecule has 1 saturated heterocycles. The number of carbonyl (C=O) groups excluding carboxylic acids is 2. The Morgan fingerprint density at radius 3 is 2.82 bits per heavy atom. The molecule has 10 heteroatoms. The van der Waals surface area contributed by atoms with E-state index in [1.54, 1.807) is 12.4 Å². The number of nitrogens with one attached hydrogen (secondary N) is 3. The van der Waals surface area contributed by atoms with Crippen molar-refractivity contribution < 1.29 is 9.59 Å². The van der Waals surface area contributed by atoms with Crippen LogP contribution in [0.4, 0.5) is 5.69 Å². The molecule has 10 nitrogen and oxygen atoms in total. The molecule has 0 unspecified atom stereocenters. The van der Waals surface area contributed by atoms with Gasteiger partial charge < -0.3 is 25.1 Å². The smallest absolute Gasteiger partial charge is 0.267 e. The number of hydrogen-bond acceptors (Lipinski definition) is 5. The molecule has 174 valence electrons. The van der Waals surface area contributed by atoms with Gasteiger partial charge in [0.25, 0.3) is 11.8 Å². The van der Waals surface area contributed by atoms with E-state index < -0.39 is 0 Å². The highest BCUT2D eigenvalue weighted by Gasteiger charge is 2.21. The predicted molar refractivity (Wildman–Crippen MR) is 128 cm³/mol. The lowest BCUT2D eigenvalue weighted by molar-refractivity contribution is 0.0927. The molecule has 0 spiro atoms. The molecule has 4 aromatic rings. The average Bonchev–Trinajstić information content (AvgIpc) is 3.57. The van der Waals surface area contributed by atoms with Gasteiger partial charge in [-0.3, -0.25) is 14.3 Å². The maximum absolute atomic E-state index is 13.0. The monoisotopic (exact) mass is 458 g/mol. The summed E-state index contributed by atoms with van der Waals surface area (Å²) in [6.07, 6.45) is 11.1. The highest BCUT2D eigenvalue weighted by Crippen LogP contribution is 2.31. The van der Waals surface area contributed by atoms with Crippen molar-refractivity contribution in [2.24, 2.45) is 0 Å². The minimum absolute atomic E-state index is 0.0728. The van der Waals surface area contributed by atoms with E-state index in [0.717, 1.165) is 49.0 Å². The molecule has 6 rings (SSSR count). The summed E-state index contributed by atoms with van der Waals surface area (Å²) in [5, 5.41) is 11.1. The van der Waals surface area contributed by atoms with Gasteiger partial charge in [0.1, 0.15) is 11.3 Å². The number of hydrogen-bond donors (Lipinski definition) is 3.